The fourth-order valence-electron chi connectivity index (χ4n) is 2.58. The molecule has 1 aromatic carbocycles. The summed E-state index contributed by atoms with van der Waals surface area (Å²) in [6.07, 6.45) is 3.08. The molecule has 0 bridgehead atoms. The van der Waals surface area contributed by atoms with Gasteiger partial charge in [-0.2, -0.15) is 0 Å². The number of ether oxygens (including phenoxy) is 1. The van der Waals surface area contributed by atoms with Crippen molar-refractivity contribution >= 4 is 5.78 Å². The van der Waals surface area contributed by atoms with E-state index < -0.39 is 0 Å². The fourth-order valence-corrected chi connectivity index (χ4v) is 2.58. The lowest BCUT2D eigenvalue weighted by atomic mass is 9.86. The molecule has 2 rings (SSSR count). The molecular weight excluding hydrogens is 240 g/mol. The molecular formula is C16H22O3. The summed E-state index contributed by atoms with van der Waals surface area (Å²) in [4.78, 5) is 11.2. The van der Waals surface area contributed by atoms with Crippen molar-refractivity contribution in [3.05, 3.63) is 22.8 Å². The number of phenolic OH excluding ortho intramolecular Hbond substituents is 1. The van der Waals surface area contributed by atoms with E-state index >= 15 is 0 Å². The van der Waals surface area contributed by atoms with Gasteiger partial charge in [0.25, 0.3) is 0 Å². The zero-order valence-corrected chi connectivity index (χ0v) is 12.2. The van der Waals surface area contributed by atoms with Crippen LogP contribution in [0.15, 0.2) is 6.07 Å². The van der Waals surface area contributed by atoms with Crippen molar-refractivity contribution in [2.45, 2.75) is 59.0 Å². The third-order valence-electron chi connectivity index (χ3n) is 4.17. The minimum absolute atomic E-state index is 0.203. The Kier molecular flexibility index (Phi) is 3.57. The number of phenols is 1. The molecule has 0 saturated heterocycles. The van der Waals surface area contributed by atoms with E-state index in [0.29, 0.717) is 12.2 Å². The molecule has 1 aromatic rings. The first-order valence-electron chi connectivity index (χ1n) is 6.83. The molecule has 1 unspecified atom stereocenters. The maximum absolute atomic E-state index is 11.2. The second-order valence-electron chi connectivity index (χ2n) is 5.89. The largest absolute Gasteiger partial charge is 0.508 e. The highest BCUT2D eigenvalue weighted by atomic mass is 16.5. The van der Waals surface area contributed by atoms with Crippen molar-refractivity contribution < 1.29 is 14.6 Å². The molecule has 3 heteroatoms. The first-order valence-corrected chi connectivity index (χ1v) is 6.83. The van der Waals surface area contributed by atoms with Crippen molar-refractivity contribution in [2.75, 3.05) is 0 Å². The minimum Gasteiger partial charge on any atom is -0.508 e. The molecule has 0 fully saturated rings. The Bertz CT molecular complexity index is 519. The van der Waals surface area contributed by atoms with Crippen LogP contribution in [0.1, 0.15) is 49.8 Å². The predicted octanol–water partition coefficient (Wildman–Crippen LogP) is 3.46. The second kappa shape index (κ2) is 4.87. The number of carbonyl (C=O) groups excluding carboxylic acids is 1. The topological polar surface area (TPSA) is 46.5 Å². The number of rotatable bonds is 3. The van der Waals surface area contributed by atoms with Crippen LogP contribution in [0.5, 0.6) is 11.5 Å². The van der Waals surface area contributed by atoms with Crippen LogP contribution in [-0.2, 0) is 11.2 Å². The molecule has 0 aromatic heterocycles. The fraction of sp³-hybridized carbons (Fsp3) is 0.562. The number of Topliss-reactive ketones (excluding diaryl/α,β-unsaturated/α-hetero) is 1. The van der Waals surface area contributed by atoms with Crippen molar-refractivity contribution in [3.8, 4) is 11.5 Å². The van der Waals surface area contributed by atoms with Gasteiger partial charge in [-0.05, 0) is 69.7 Å². The van der Waals surface area contributed by atoms with Gasteiger partial charge in [-0.3, -0.25) is 0 Å². The van der Waals surface area contributed by atoms with Crippen LogP contribution in [0, 0.1) is 13.8 Å². The van der Waals surface area contributed by atoms with Crippen LogP contribution >= 0.6 is 0 Å². The Labute approximate surface area is 114 Å². The molecule has 1 N–H and O–H groups in total. The lowest BCUT2D eigenvalue weighted by Crippen LogP contribution is -2.37. The Morgan fingerprint density at radius 2 is 2.11 bits per heavy atom. The first-order chi connectivity index (χ1) is 8.82. The van der Waals surface area contributed by atoms with Gasteiger partial charge in [-0.1, -0.05) is 0 Å². The maximum atomic E-state index is 11.2. The molecule has 0 aliphatic carbocycles. The highest BCUT2D eigenvalue weighted by Gasteiger charge is 2.33. The van der Waals surface area contributed by atoms with E-state index in [-0.39, 0.29) is 11.4 Å². The van der Waals surface area contributed by atoms with Gasteiger partial charge in [0, 0.05) is 6.42 Å². The number of benzene rings is 1. The average Bonchev–Trinajstić information content (AvgIpc) is 2.35. The standard InChI is InChI=1S/C16H22O3/c1-10(17)5-7-16(4)8-6-13-9-14(18)11(2)12(3)15(13)19-16/h9,18H,5-8H2,1-4H3. The van der Waals surface area contributed by atoms with Gasteiger partial charge in [-0.15, -0.1) is 0 Å². The number of aryl methyl sites for hydroxylation is 1. The Morgan fingerprint density at radius 1 is 1.42 bits per heavy atom. The molecule has 0 saturated carbocycles. The quantitative estimate of drug-likeness (QED) is 0.907. The van der Waals surface area contributed by atoms with Gasteiger partial charge < -0.3 is 14.6 Å². The highest BCUT2D eigenvalue weighted by Crippen LogP contribution is 2.41. The first kappa shape index (κ1) is 13.9. The van der Waals surface area contributed by atoms with E-state index in [1.54, 1.807) is 6.92 Å². The zero-order valence-electron chi connectivity index (χ0n) is 12.2. The minimum atomic E-state index is -0.271. The molecule has 1 heterocycles. The Morgan fingerprint density at radius 3 is 2.74 bits per heavy atom. The Hall–Kier alpha value is -1.51. The third-order valence-corrected chi connectivity index (χ3v) is 4.17. The summed E-state index contributed by atoms with van der Waals surface area (Å²) in [5, 5.41) is 9.86. The summed E-state index contributed by atoms with van der Waals surface area (Å²) in [5.74, 6) is 1.44. The number of ketones is 1. The molecule has 0 radical (unpaired) electrons. The number of carbonyl (C=O) groups is 1. The van der Waals surface area contributed by atoms with Crippen molar-refractivity contribution in [3.63, 3.8) is 0 Å². The molecule has 1 atom stereocenters. The zero-order chi connectivity index (χ0) is 14.2. The van der Waals surface area contributed by atoms with Crippen LogP contribution in [0.3, 0.4) is 0 Å². The van der Waals surface area contributed by atoms with Crippen LogP contribution in [0.2, 0.25) is 0 Å². The summed E-state index contributed by atoms with van der Waals surface area (Å²) in [7, 11) is 0. The Balaban J connectivity index is 2.28. The van der Waals surface area contributed by atoms with E-state index in [2.05, 4.69) is 6.92 Å². The SMILES string of the molecule is CC(=O)CCC1(C)CCc2cc(O)c(C)c(C)c2O1. The summed E-state index contributed by atoms with van der Waals surface area (Å²) >= 11 is 0. The van der Waals surface area contributed by atoms with E-state index in [4.69, 9.17) is 4.74 Å². The van der Waals surface area contributed by atoms with Crippen LogP contribution in [-0.4, -0.2) is 16.5 Å². The van der Waals surface area contributed by atoms with Crippen LogP contribution in [0.25, 0.3) is 0 Å². The molecule has 1 aliphatic rings. The maximum Gasteiger partial charge on any atom is 0.129 e. The molecule has 1 aliphatic heterocycles. The van der Waals surface area contributed by atoms with Crippen LogP contribution < -0.4 is 4.74 Å². The lowest BCUT2D eigenvalue weighted by molar-refractivity contribution is -0.118. The van der Waals surface area contributed by atoms with E-state index in [1.807, 2.05) is 19.9 Å². The van der Waals surface area contributed by atoms with Crippen molar-refractivity contribution in [1.82, 2.24) is 0 Å². The molecule has 0 amide bonds. The second-order valence-corrected chi connectivity index (χ2v) is 5.89. The lowest BCUT2D eigenvalue weighted by Gasteiger charge is -2.37. The number of aromatic hydroxyl groups is 1. The number of hydrogen-bond donors (Lipinski definition) is 1. The van der Waals surface area contributed by atoms with Crippen molar-refractivity contribution in [1.29, 1.82) is 0 Å². The average molecular weight is 262 g/mol. The van der Waals surface area contributed by atoms with Crippen LogP contribution in [0.4, 0.5) is 0 Å². The van der Waals surface area contributed by atoms with Gasteiger partial charge in [0.05, 0.1) is 0 Å². The summed E-state index contributed by atoms with van der Waals surface area (Å²) in [5.41, 5.74) is 2.67. The van der Waals surface area contributed by atoms with E-state index in [9.17, 15) is 9.90 Å². The molecule has 3 nitrogen and oxygen atoms in total. The van der Waals surface area contributed by atoms with E-state index in [0.717, 1.165) is 41.7 Å². The number of hydrogen-bond acceptors (Lipinski definition) is 3. The number of fused-ring (bicyclic) bond motifs is 1. The summed E-state index contributed by atoms with van der Waals surface area (Å²) in [6, 6.07) is 1.81. The third kappa shape index (κ3) is 2.75. The summed E-state index contributed by atoms with van der Waals surface area (Å²) in [6.45, 7) is 7.56. The van der Waals surface area contributed by atoms with Gasteiger partial charge in [0.15, 0.2) is 0 Å². The monoisotopic (exact) mass is 262 g/mol. The highest BCUT2D eigenvalue weighted by molar-refractivity contribution is 5.75. The smallest absolute Gasteiger partial charge is 0.129 e. The van der Waals surface area contributed by atoms with Gasteiger partial charge in [0.2, 0.25) is 0 Å². The van der Waals surface area contributed by atoms with Crippen molar-refractivity contribution in [2.24, 2.45) is 0 Å². The van der Waals surface area contributed by atoms with E-state index in [1.165, 1.54) is 0 Å². The molecule has 0 spiro atoms. The summed E-state index contributed by atoms with van der Waals surface area (Å²) < 4.78 is 6.17. The molecule has 104 valence electrons. The normalized spacial score (nSPS) is 21.7. The molecule has 19 heavy (non-hydrogen) atoms. The van der Waals surface area contributed by atoms with Gasteiger partial charge >= 0.3 is 0 Å². The van der Waals surface area contributed by atoms with Gasteiger partial charge in [0.1, 0.15) is 22.9 Å². The predicted molar refractivity (Wildman–Crippen MR) is 74.8 cm³/mol. The van der Waals surface area contributed by atoms with Gasteiger partial charge in [-0.25, -0.2) is 0 Å².